The monoisotopic (exact) mass is 402 g/mol. The Kier molecular flexibility index (Phi) is 5.45. The molecule has 24 heavy (non-hydrogen) atoms. The van der Waals surface area contributed by atoms with E-state index in [-0.39, 0.29) is 0 Å². The first-order valence-electron chi connectivity index (χ1n) is 7.17. The fourth-order valence-electron chi connectivity index (χ4n) is 1.95. The summed E-state index contributed by atoms with van der Waals surface area (Å²) in [6.45, 7) is 0.511. The number of anilines is 2. The molecule has 0 saturated heterocycles. The summed E-state index contributed by atoms with van der Waals surface area (Å²) in [5.41, 5.74) is 10.4. The van der Waals surface area contributed by atoms with E-state index in [0.717, 1.165) is 21.3 Å². The second kappa shape index (κ2) is 7.94. The van der Waals surface area contributed by atoms with Gasteiger partial charge in [-0.2, -0.15) is 5.10 Å². The molecule has 7 heteroatoms. The van der Waals surface area contributed by atoms with Gasteiger partial charge >= 0.3 is 0 Å². The topological polar surface area (TPSA) is 72.5 Å². The van der Waals surface area contributed by atoms with Gasteiger partial charge in [0.2, 0.25) is 5.13 Å². The van der Waals surface area contributed by atoms with E-state index >= 15 is 0 Å². The zero-order chi connectivity index (χ0) is 16.8. The van der Waals surface area contributed by atoms with Gasteiger partial charge in [0.05, 0.1) is 10.7 Å². The number of nitrogen functional groups attached to an aromatic ring is 1. The molecule has 0 bridgehead atoms. The number of hydrogen-bond donors (Lipinski definition) is 2. The Balaban J connectivity index is 1.64. The smallest absolute Gasteiger partial charge is 0.205 e. The Morgan fingerprint density at radius 2 is 2.08 bits per heavy atom. The first-order chi connectivity index (χ1) is 11.7. The molecule has 0 saturated carbocycles. The van der Waals surface area contributed by atoms with Crippen LogP contribution in [0.1, 0.15) is 11.1 Å². The van der Waals surface area contributed by atoms with E-state index in [1.165, 1.54) is 11.3 Å². The van der Waals surface area contributed by atoms with Crippen LogP contribution in [-0.4, -0.2) is 11.2 Å². The summed E-state index contributed by atoms with van der Waals surface area (Å²) in [4.78, 5) is 4.08. The van der Waals surface area contributed by atoms with E-state index in [4.69, 9.17) is 10.5 Å². The molecule has 3 aromatic rings. The number of ether oxygens (including phenoxy) is 1. The third kappa shape index (κ3) is 4.56. The van der Waals surface area contributed by atoms with Crippen LogP contribution in [0.15, 0.2) is 63.5 Å². The molecule has 3 N–H and O–H groups in total. The van der Waals surface area contributed by atoms with Gasteiger partial charge in [0, 0.05) is 5.38 Å². The van der Waals surface area contributed by atoms with Crippen LogP contribution in [0.5, 0.6) is 5.75 Å². The lowest BCUT2D eigenvalue weighted by Crippen LogP contribution is -1.97. The fourth-order valence-corrected chi connectivity index (χ4v) is 2.86. The van der Waals surface area contributed by atoms with Crippen molar-refractivity contribution in [3.8, 4) is 5.75 Å². The molecule has 0 unspecified atom stereocenters. The fraction of sp³-hybridized carbons (Fsp3) is 0.0588. The summed E-state index contributed by atoms with van der Waals surface area (Å²) in [6.07, 6.45) is 1.71. The van der Waals surface area contributed by atoms with E-state index in [0.29, 0.717) is 17.6 Å². The highest BCUT2D eigenvalue weighted by atomic mass is 79.9. The standard InChI is InChI=1S/C17H15BrN4OS/c18-14-7-6-13(9-20-22-17-21-16(19)11-24-17)8-15(14)23-10-12-4-2-1-3-5-12/h1-9,11H,10,19H2,(H,21,22). The van der Waals surface area contributed by atoms with Gasteiger partial charge in [-0.3, -0.25) is 5.43 Å². The second-order valence-corrected chi connectivity index (χ2v) is 6.62. The summed E-state index contributed by atoms with van der Waals surface area (Å²) in [7, 11) is 0. The van der Waals surface area contributed by atoms with Crippen LogP contribution in [0.2, 0.25) is 0 Å². The van der Waals surface area contributed by atoms with Gasteiger partial charge in [0.1, 0.15) is 18.2 Å². The Morgan fingerprint density at radius 1 is 1.25 bits per heavy atom. The van der Waals surface area contributed by atoms with Gasteiger partial charge in [-0.15, -0.1) is 11.3 Å². The van der Waals surface area contributed by atoms with E-state index in [9.17, 15) is 0 Å². The molecule has 3 rings (SSSR count). The molecule has 122 valence electrons. The lowest BCUT2D eigenvalue weighted by Gasteiger charge is -2.09. The molecule has 0 aliphatic heterocycles. The molecule has 0 atom stereocenters. The quantitative estimate of drug-likeness (QED) is 0.469. The lowest BCUT2D eigenvalue weighted by atomic mass is 10.2. The van der Waals surface area contributed by atoms with Crippen LogP contribution in [-0.2, 0) is 6.61 Å². The van der Waals surface area contributed by atoms with Crippen molar-refractivity contribution in [1.29, 1.82) is 0 Å². The maximum Gasteiger partial charge on any atom is 0.205 e. The van der Waals surface area contributed by atoms with Crippen LogP contribution < -0.4 is 15.9 Å². The Bertz CT molecular complexity index is 836. The number of halogens is 1. The highest BCUT2D eigenvalue weighted by molar-refractivity contribution is 9.10. The molecule has 0 aliphatic carbocycles. The van der Waals surface area contributed by atoms with Crippen molar-refractivity contribution in [2.45, 2.75) is 6.61 Å². The number of hydrazone groups is 1. The number of nitrogens with two attached hydrogens (primary N) is 1. The van der Waals surface area contributed by atoms with Crippen molar-refractivity contribution in [2.24, 2.45) is 5.10 Å². The number of thiazole rings is 1. The van der Waals surface area contributed by atoms with Crippen LogP contribution in [0.4, 0.5) is 10.9 Å². The number of benzene rings is 2. The average Bonchev–Trinajstić information content (AvgIpc) is 3.01. The third-order valence-corrected chi connectivity index (χ3v) is 4.51. The first kappa shape index (κ1) is 16.5. The van der Waals surface area contributed by atoms with Crippen molar-refractivity contribution in [3.63, 3.8) is 0 Å². The van der Waals surface area contributed by atoms with Gasteiger partial charge in [0.15, 0.2) is 0 Å². The Morgan fingerprint density at radius 3 is 2.83 bits per heavy atom. The zero-order valence-corrected chi connectivity index (χ0v) is 15.0. The van der Waals surface area contributed by atoms with Crippen LogP contribution in [0, 0.1) is 0 Å². The highest BCUT2D eigenvalue weighted by Gasteiger charge is 2.03. The highest BCUT2D eigenvalue weighted by Crippen LogP contribution is 2.26. The average molecular weight is 403 g/mol. The van der Waals surface area contributed by atoms with Gasteiger partial charge in [0.25, 0.3) is 0 Å². The summed E-state index contributed by atoms with van der Waals surface area (Å²) in [5.74, 6) is 1.25. The van der Waals surface area contributed by atoms with Crippen molar-refractivity contribution in [2.75, 3.05) is 11.2 Å². The predicted molar refractivity (Wildman–Crippen MR) is 103 cm³/mol. The van der Waals surface area contributed by atoms with E-state index in [1.807, 2.05) is 48.5 Å². The summed E-state index contributed by atoms with van der Waals surface area (Å²) >= 11 is 4.91. The maximum atomic E-state index is 5.88. The van der Waals surface area contributed by atoms with E-state index in [2.05, 4.69) is 31.4 Å². The summed E-state index contributed by atoms with van der Waals surface area (Å²) < 4.78 is 6.77. The number of rotatable bonds is 6. The molecule has 0 aliphatic rings. The number of nitrogens with one attached hydrogen (secondary N) is 1. The maximum absolute atomic E-state index is 5.88. The molecule has 1 aromatic heterocycles. The summed E-state index contributed by atoms with van der Waals surface area (Å²) in [6, 6.07) is 15.8. The molecule has 0 fully saturated rings. The zero-order valence-electron chi connectivity index (χ0n) is 12.6. The van der Waals surface area contributed by atoms with Crippen LogP contribution in [0.3, 0.4) is 0 Å². The molecule has 1 heterocycles. The normalized spacial score (nSPS) is 10.9. The van der Waals surface area contributed by atoms with E-state index < -0.39 is 0 Å². The minimum Gasteiger partial charge on any atom is -0.488 e. The molecular formula is C17H15BrN4OS. The van der Waals surface area contributed by atoms with Gasteiger partial charge in [-0.25, -0.2) is 4.98 Å². The van der Waals surface area contributed by atoms with Gasteiger partial charge in [-0.1, -0.05) is 36.4 Å². The van der Waals surface area contributed by atoms with Gasteiger partial charge in [-0.05, 0) is 39.2 Å². The minimum absolute atomic E-state index is 0.484. The third-order valence-electron chi connectivity index (χ3n) is 3.09. The molecule has 0 amide bonds. The van der Waals surface area contributed by atoms with Crippen molar-refractivity contribution >= 4 is 44.4 Å². The molecule has 2 aromatic carbocycles. The van der Waals surface area contributed by atoms with Crippen LogP contribution >= 0.6 is 27.3 Å². The molecule has 5 nitrogen and oxygen atoms in total. The minimum atomic E-state index is 0.484. The predicted octanol–water partition coefficient (Wildman–Crippen LogP) is 4.51. The second-order valence-electron chi connectivity index (χ2n) is 4.91. The number of hydrogen-bond acceptors (Lipinski definition) is 6. The first-order valence-corrected chi connectivity index (χ1v) is 8.84. The molecule has 0 radical (unpaired) electrons. The van der Waals surface area contributed by atoms with Crippen LogP contribution in [0.25, 0.3) is 0 Å². The van der Waals surface area contributed by atoms with E-state index in [1.54, 1.807) is 11.6 Å². The van der Waals surface area contributed by atoms with Crippen molar-refractivity contribution < 1.29 is 4.74 Å². The SMILES string of the molecule is Nc1csc(NN=Cc2ccc(Br)c(OCc3ccccc3)c2)n1. The molecule has 0 spiro atoms. The largest absolute Gasteiger partial charge is 0.488 e. The number of nitrogens with zero attached hydrogens (tertiary/aromatic N) is 2. The van der Waals surface area contributed by atoms with Gasteiger partial charge < -0.3 is 10.5 Å². The lowest BCUT2D eigenvalue weighted by molar-refractivity contribution is 0.304. The van der Waals surface area contributed by atoms with Crippen molar-refractivity contribution in [1.82, 2.24) is 4.98 Å². The molecular weight excluding hydrogens is 388 g/mol. The van der Waals surface area contributed by atoms with Crippen molar-refractivity contribution in [3.05, 3.63) is 69.5 Å². The Labute approximate surface area is 152 Å². The Hall–Kier alpha value is -2.38. The number of aromatic nitrogens is 1. The summed E-state index contributed by atoms with van der Waals surface area (Å²) in [5, 5.41) is 6.57.